The summed E-state index contributed by atoms with van der Waals surface area (Å²) in [6, 6.07) is 7.21. The van der Waals surface area contributed by atoms with Gasteiger partial charge in [-0.1, -0.05) is 26.0 Å². The van der Waals surface area contributed by atoms with Crippen molar-refractivity contribution in [3.8, 4) is 5.75 Å². The van der Waals surface area contributed by atoms with Gasteiger partial charge in [-0.2, -0.15) is 0 Å². The molecule has 0 radical (unpaired) electrons. The molecule has 0 aromatic heterocycles. The first-order valence-electron chi connectivity index (χ1n) is 8.49. The molecule has 2 N–H and O–H groups in total. The van der Waals surface area contributed by atoms with E-state index < -0.39 is 0 Å². The Kier molecular flexibility index (Phi) is 7.46. The van der Waals surface area contributed by atoms with Gasteiger partial charge in [-0.25, -0.2) is 0 Å². The lowest BCUT2D eigenvalue weighted by atomic mass is 10.1. The van der Waals surface area contributed by atoms with E-state index in [1.54, 1.807) is 12.1 Å². The first kappa shape index (κ1) is 18.7. The maximum Gasteiger partial charge on any atom is 0.261 e. The third-order valence-corrected chi connectivity index (χ3v) is 4.07. The van der Waals surface area contributed by atoms with Crippen LogP contribution in [0, 0.1) is 5.92 Å². The van der Waals surface area contributed by atoms with Crippen LogP contribution in [0.2, 0.25) is 0 Å². The Hall–Kier alpha value is -1.66. The van der Waals surface area contributed by atoms with Crippen LogP contribution in [0.5, 0.6) is 5.75 Å². The minimum atomic E-state index is -0.264. The standard InChI is InChI=1S/C18H26N2O3S/c1-13(2)9-11-23-16-8-4-3-7-15(16)17(21)20-18(24)19-12-14-6-5-10-22-14/h3-4,7-8,13-14H,5-6,9-12H2,1-2H3,(H2,19,20,21,24). The molecule has 0 spiro atoms. The van der Waals surface area contributed by atoms with Crippen LogP contribution in [-0.4, -0.2) is 36.9 Å². The number of carbonyl (C=O) groups is 1. The average molecular weight is 350 g/mol. The molecule has 132 valence electrons. The fourth-order valence-corrected chi connectivity index (χ4v) is 2.59. The lowest BCUT2D eigenvalue weighted by Crippen LogP contribution is -2.42. The van der Waals surface area contributed by atoms with Gasteiger partial charge >= 0.3 is 0 Å². The van der Waals surface area contributed by atoms with Crippen LogP contribution in [-0.2, 0) is 4.74 Å². The second-order valence-corrected chi connectivity index (χ2v) is 6.73. The molecule has 0 aliphatic carbocycles. The highest BCUT2D eigenvalue weighted by Gasteiger charge is 2.17. The Labute approximate surface area is 149 Å². The number of thiocarbonyl (C=S) groups is 1. The van der Waals surface area contributed by atoms with E-state index in [1.807, 2.05) is 12.1 Å². The van der Waals surface area contributed by atoms with E-state index in [-0.39, 0.29) is 12.0 Å². The third-order valence-electron chi connectivity index (χ3n) is 3.83. The van der Waals surface area contributed by atoms with Crippen LogP contribution >= 0.6 is 12.2 Å². The fraction of sp³-hybridized carbons (Fsp3) is 0.556. The van der Waals surface area contributed by atoms with E-state index in [0.717, 1.165) is 25.9 Å². The molecule has 1 fully saturated rings. The smallest absolute Gasteiger partial charge is 0.261 e. The van der Waals surface area contributed by atoms with E-state index in [2.05, 4.69) is 24.5 Å². The molecule has 1 heterocycles. The number of nitrogens with one attached hydrogen (secondary N) is 2. The third kappa shape index (κ3) is 6.09. The summed E-state index contributed by atoms with van der Waals surface area (Å²) in [5.74, 6) is 0.873. The van der Waals surface area contributed by atoms with Crippen molar-refractivity contribution in [2.75, 3.05) is 19.8 Å². The van der Waals surface area contributed by atoms with Crippen molar-refractivity contribution in [2.24, 2.45) is 5.92 Å². The van der Waals surface area contributed by atoms with Crippen LogP contribution in [0.15, 0.2) is 24.3 Å². The number of benzene rings is 1. The molecule has 0 bridgehead atoms. The van der Waals surface area contributed by atoms with Crippen LogP contribution < -0.4 is 15.4 Å². The quantitative estimate of drug-likeness (QED) is 0.741. The van der Waals surface area contributed by atoms with E-state index in [9.17, 15) is 4.79 Å². The first-order valence-corrected chi connectivity index (χ1v) is 8.89. The Bertz CT molecular complexity index is 557. The van der Waals surface area contributed by atoms with Gasteiger partial charge in [0.05, 0.1) is 18.3 Å². The summed E-state index contributed by atoms with van der Waals surface area (Å²) >= 11 is 5.19. The van der Waals surface area contributed by atoms with Crippen LogP contribution in [0.4, 0.5) is 0 Å². The molecule has 1 saturated heterocycles. The number of amides is 1. The summed E-state index contributed by atoms with van der Waals surface area (Å²) in [6.45, 7) is 6.28. The van der Waals surface area contributed by atoms with Crippen LogP contribution in [0.3, 0.4) is 0 Å². The molecule has 1 amide bonds. The lowest BCUT2D eigenvalue weighted by Gasteiger charge is -2.15. The minimum Gasteiger partial charge on any atom is -0.493 e. The van der Waals surface area contributed by atoms with Gasteiger partial charge in [-0.05, 0) is 49.5 Å². The molecule has 2 rings (SSSR count). The molecule has 1 aliphatic heterocycles. The number of ether oxygens (including phenoxy) is 2. The summed E-state index contributed by atoms with van der Waals surface area (Å²) in [4.78, 5) is 12.4. The second kappa shape index (κ2) is 9.59. The largest absolute Gasteiger partial charge is 0.493 e. The number of hydrogen-bond acceptors (Lipinski definition) is 4. The van der Waals surface area contributed by atoms with Crippen molar-refractivity contribution in [1.29, 1.82) is 0 Å². The SMILES string of the molecule is CC(C)CCOc1ccccc1C(=O)NC(=S)NCC1CCCO1. The zero-order valence-corrected chi connectivity index (χ0v) is 15.2. The minimum absolute atomic E-state index is 0.173. The van der Waals surface area contributed by atoms with Gasteiger partial charge < -0.3 is 14.8 Å². The summed E-state index contributed by atoms with van der Waals surface area (Å²) in [5.41, 5.74) is 0.488. The first-order chi connectivity index (χ1) is 11.6. The zero-order chi connectivity index (χ0) is 17.4. The van der Waals surface area contributed by atoms with E-state index >= 15 is 0 Å². The molecule has 1 aromatic rings. The normalized spacial score (nSPS) is 16.9. The van der Waals surface area contributed by atoms with Gasteiger partial charge in [-0.15, -0.1) is 0 Å². The van der Waals surface area contributed by atoms with Gasteiger partial charge in [0.1, 0.15) is 5.75 Å². The summed E-state index contributed by atoms with van der Waals surface area (Å²) in [5, 5.41) is 6.05. The molecule has 1 aromatic carbocycles. The van der Waals surface area contributed by atoms with Gasteiger partial charge in [0.2, 0.25) is 0 Å². The highest BCUT2D eigenvalue weighted by molar-refractivity contribution is 7.80. The molecular formula is C18H26N2O3S. The number of para-hydroxylation sites is 1. The molecule has 1 unspecified atom stereocenters. The number of rotatable bonds is 7. The van der Waals surface area contributed by atoms with E-state index in [4.69, 9.17) is 21.7 Å². The average Bonchev–Trinajstić information content (AvgIpc) is 3.06. The summed E-state index contributed by atoms with van der Waals surface area (Å²) < 4.78 is 11.3. The molecular weight excluding hydrogens is 324 g/mol. The van der Waals surface area contributed by atoms with Crippen molar-refractivity contribution in [1.82, 2.24) is 10.6 Å². The predicted octanol–water partition coefficient (Wildman–Crippen LogP) is 2.89. The Balaban J connectivity index is 1.85. The van der Waals surface area contributed by atoms with Gasteiger partial charge in [0.15, 0.2) is 5.11 Å². The van der Waals surface area contributed by atoms with Crippen molar-refractivity contribution < 1.29 is 14.3 Å². The van der Waals surface area contributed by atoms with Gasteiger partial charge in [0.25, 0.3) is 5.91 Å². The molecule has 1 atom stereocenters. The fourth-order valence-electron chi connectivity index (χ4n) is 2.41. The van der Waals surface area contributed by atoms with Crippen molar-refractivity contribution >= 4 is 23.2 Å². The maximum atomic E-state index is 12.4. The predicted molar refractivity (Wildman–Crippen MR) is 98.4 cm³/mol. The summed E-state index contributed by atoms with van der Waals surface area (Å²) in [6.07, 6.45) is 3.21. The zero-order valence-electron chi connectivity index (χ0n) is 14.3. The van der Waals surface area contributed by atoms with Crippen molar-refractivity contribution in [2.45, 2.75) is 39.2 Å². The van der Waals surface area contributed by atoms with E-state index in [1.165, 1.54) is 0 Å². The van der Waals surface area contributed by atoms with Crippen LogP contribution in [0.25, 0.3) is 0 Å². The Morgan fingerprint density at radius 3 is 2.92 bits per heavy atom. The molecule has 1 aliphatic rings. The van der Waals surface area contributed by atoms with Crippen molar-refractivity contribution in [3.63, 3.8) is 0 Å². The van der Waals surface area contributed by atoms with Gasteiger partial charge in [0, 0.05) is 13.2 Å². The maximum absolute atomic E-state index is 12.4. The number of hydrogen-bond donors (Lipinski definition) is 2. The Morgan fingerprint density at radius 1 is 1.42 bits per heavy atom. The molecule has 0 saturated carbocycles. The molecule has 6 heteroatoms. The van der Waals surface area contributed by atoms with Crippen LogP contribution in [0.1, 0.15) is 43.5 Å². The Morgan fingerprint density at radius 2 is 2.21 bits per heavy atom. The second-order valence-electron chi connectivity index (χ2n) is 6.33. The monoisotopic (exact) mass is 350 g/mol. The van der Waals surface area contributed by atoms with E-state index in [0.29, 0.717) is 35.5 Å². The summed E-state index contributed by atoms with van der Waals surface area (Å²) in [7, 11) is 0. The lowest BCUT2D eigenvalue weighted by molar-refractivity contribution is 0.0969. The highest BCUT2D eigenvalue weighted by atomic mass is 32.1. The topological polar surface area (TPSA) is 59.6 Å². The number of carbonyl (C=O) groups excluding carboxylic acids is 1. The highest BCUT2D eigenvalue weighted by Crippen LogP contribution is 2.18. The molecule has 24 heavy (non-hydrogen) atoms. The van der Waals surface area contributed by atoms with Gasteiger partial charge in [-0.3, -0.25) is 10.1 Å². The van der Waals surface area contributed by atoms with Crippen molar-refractivity contribution in [3.05, 3.63) is 29.8 Å². The molecule has 5 nitrogen and oxygen atoms in total.